The summed E-state index contributed by atoms with van der Waals surface area (Å²) in [6, 6.07) is 9.92. The van der Waals surface area contributed by atoms with Crippen LogP contribution < -0.4 is 5.32 Å². The van der Waals surface area contributed by atoms with Crippen molar-refractivity contribution in [2.45, 2.75) is 38.8 Å². The monoisotopic (exact) mass is 301 g/mol. The highest BCUT2D eigenvalue weighted by Gasteiger charge is 2.22. The van der Waals surface area contributed by atoms with E-state index >= 15 is 0 Å². The molecule has 21 heavy (non-hydrogen) atoms. The van der Waals surface area contributed by atoms with Crippen molar-refractivity contribution >= 4 is 17.0 Å². The first-order valence-electron chi connectivity index (χ1n) is 7.61. The molecule has 0 saturated carbocycles. The number of rotatable bonds is 3. The van der Waals surface area contributed by atoms with E-state index in [1.807, 2.05) is 6.92 Å². The van der Waals surface area contributed by atoms with E-state index < -0.39 is 0 Å². The van der Waals surface area contributed by atoms with Gasteiger partial charge in [-0.1, -0.05) is 12.1 Å². The quantitative estimate of drug-likeness (QED) is 0.928. The van der Waals surface area contributed by atoms with Crippen molar-refractivity contribution in [3.05, 3.63) is 34.7 Å². The zero-order chi connectivity index (χ0) is 14.8. The van der Waals surface area contributed by atoms with Gasteiger partial charge in [-0.15, -0.1) is 11.3 Å². The van der Waals surface area contributed by atoms with Crippen LogP contribution in [-0.4, -0.2) is 35.6 Å². The molecule has 1 saturated heterocycles. The fourth-order valence-electron chi connectivity index (χ4n) is 2.89. The highest BCUT2D eigenvalue weighted by molar-refractivity contribution is 7.09. The van der Waals surface area contributed by atoms with Crippen LogP contribution in [0.2, 0.25) is 0 Å². The molecular formula is C17H23N3S. The lowest BCUT2D eigenvalue weighted by atomic mass is 9.98. The van der Waals surface area contributed by atoms with Gasteiger partial charge in [-0.05, 0) is 45.9 Å². The third-order valence-corrected chi connectivity index (χ3v) is 5.15. The van der Waals surface area contributed by atoms with Crippen molar-refractivity contribution < 1.29 is 0 Å². The molecule has 0 amide bonds. The number of hydrogen-bond acceptors (Lipinski definition) is 4. The van der Waals surface area contributed by atoms with E-state index in [0.717, 1.165) is 10.7 Å². The first-order valence-corrected chi connectivity index (χ1v) is 8.49. The van der Waals surface area contributed by atoms with Crippen LogP contribution in [0, 0.1) is 6.92 Å². The van der Waals surface area contributed by atoms with E-state index in [9.17, 15) is 0 Å². The van der Waals surface area contributed by atoms with Gasteiger partial charge in [0.1, 0.15) is 0 Å². The summed E-state index contributed by atoms with van der Waals surface area (Å²) in [5.74, 6) is 0. The van der Waals surface area contributed by atoms with Crippen LogP contribution in [0.15, 0.2) is 29.6 Å². The van der Waals surface area contributed by atoms with E-state index in [-0.39, 0.29) is 0 Å². The Morgan fingerprint density at radius 3 is 2.67 bits per heavy atom. The molecule has 2 atom stereocenters. The second kappa shape index (κ2) is 6.16. The van der Waals surface area contributed by atoms with Crippen LogP contribution in [0.1, 0.15) is 24.8 Å². The molecule has 4 heteroatoms. The summed E-state index contributed by atoms with van der Waals surface area (Å²) in [7, 11) is 2.21. The summed E-state index contributed by atoms with van der Waals surface area (Å²) < 4.78 is 0. The maximum Gasteiger partial charge on any atom is 0.0901 e. The maximum absolute atomic E-state index is 4.54. The fraction of sp³-hybridized carbons (Fsp3) is 0.471. The number of hydrogen-bond donors (Lipinski definition) is 1. The second-order valence-corrected chi connectivity index (χ2v) is 7.09. The average molecular weight is 301 g/mol. The van der Waals surface area contributed by atoms with E-state index in [0.29, 0.717) is 12.1 Å². The Morgan fingerprint density at radius 1 is 1.29 bits per heavy atom. The Hall–Kier alpha value is -1.39. The van der Waals surface area contributed by atoms with Gasteiger partial charge < -0.3 is 10.2 Å². The zero-order valence-corrected chi connectivity index (χ0v) is 13.8. The molecule has 2 heterocycles. The zero-order valence-electron chi connectivity index (χ0n) is 13.0. The molecule has 0 spiro atoms. The van der Waals surface area contributed by atoms with Crippen LogP contribution in [0.25, 0.3) is 11.3 Å². The number of aryl methyl sites for hydroxylation is 1. The predicted molar refractivity (Wildman–Crippen MR) is 91.0 cm³/mol. The van der Waals surface area contributed by atoms with E-state index in [4.69, 9.17) is 0 Å². The fourth-order valence-corrected chi connectivity index (χ4v) is 3.51. The minimum atomic E-state index is 0.587. The van der Waals surface area contributed by atoms with Crippen molar-refractivity contribution in [2.75, 3.05) is 18.9 Å². The van der Waals surface area contributed by atoms with Crippen molar-refractivity contribution in [1.82, 2.24) is 9.88 Å². The number of thiazole rings is 1. The number of nitrogens with zero attached hydrogens (tertiary/aromatic N) is 2. The molecule has 2 unspecified atom stereocenters. The van der Waals surface area contributed by atoms with Gasteiger partial charge >= 0.3 is 0 Å². The van der Waals surface area contributed by atoms with Crippen LogP contribution in [-0.2, 0) is 0 Å². The first-order chi connectivity index (χ1) is 10.1. The molecule has 1 aromatic heterocycles. The van der Waals surface area contributed by atoms with Crippen LogP contribution >= 0.6 is 11.3 Å². The smallest absolute Gasteiger partial charge is 0.0901 e. The first kappa shape index (κ1) is 14.5. The van der Waals surface area contributed by atoms with Crippen LogP contribution in [0.3, 0.4) is 0 Å². The van der Waals surface area contributed by atoms with Gasteiger partial charge in [0.15, 0.2) is 0 Å². The summed E-state index contributed by atoms with van der Waals surface area (Å²) in [6.07, 6.45) is 2.43. The van der Waals surface area contributed by atoms with Crippen molar-refractivity contribution in [3.8, 4) is 11.3 Å². The molecule has 1 aliphatic heterocycles. The van der Waals surface area contributed by atoms with Gasteiger partial charge in [-0.25, -0.2) is 4.98 Å². The Kier molecular flexibility index (Phi) is 4.27. The van der Waals surface area contributed by atoms with Crippen LogP contribution in [0.5, 0.6) is 0 Å². The van der Waals surface area contributed by atoms with Gasteiger partial charge in [0, 0.05) is 35.3 Å². The van der Waals surface area contributed by atoms with E-state index in [2.05, 4.69) is 58.8 Å². The lowest BCUT2D eigenvalue weighted by molar-refractivity contribution is 0.190. The van der Waals surface area contributed by atoms with Crippen LogP contribution in [0.4, 0.5) is 5.69 Å². The lowest BCUT2D eigenvalue weighted by Crippen LogP contribution is -2.42. The molecule has 3 rings (SSSR count). The van der Waals surface area contributed by atoms with E-state index in [1.165, 1.54) is 30.6 Å². The largest absolute Gasteiger partial charge is 0.382 e. The second-order valence-electron chi connectivity index (χ2n) is 6.02. The maximum atomic E-state index is 4.54. The summed E-state index contributed by atoms with van der Waals surface area (Å²) in [6.45, 7) is 5.53. The Labute approximate surface area is 131 Å². The molecule has 112 valence electrons. The molecule has 0 radical (unpaired) electrons. The summed E-state index contributed by atoms with van der Waals surface area (Å²) in [5, 5.41) is 6.91. The SMILES string of the molecule is Cc1nc(-c2ccc(NC3CCN(C)C(C)C3)cc2)cs1. The number of nitrogens with one attached hydrogen (secondary N) is 1. The number of likely N-dealkylation sites (tertiary alicyclic amines) is 1. The third kappa shape index (κ3) is 3.44. The highest BCUT2D eigenvalue weighted by Crippen LogP contribution is 2.25. The number of piperidine rings is 1. The molecule has 3 nitrogen and oxygen atoms in total. The molecule has 0 aliphatic carbocycles. The standard InChI is InChI=1S/C17H23N3S/c1-12-10-16(8-9-20(12)3)19-15-6-4-14(5-7-15)17-11-21-13(2)18-17/h4-7,11-12,16,19H,8-10H2,1-3H3. The summed E-state index contributed by atoms with van der Waals surface area (Å²) in [5.41, 5.74) is 3.49. The number of anilines is 1. The van der Waals surface area contributed by atoms with Gasteiger partial charge in [0.2, 0.25) is 0 Å². The molecular weight excluding hydrogens is 278 g/mol. The summed E-state index contributed by atoms with van der Waals surface area (Å²) >= 11 is 1.70. The summed E-state index contributed by atoms with van der Waals surface area (Å²) in [4.78, 5) is 6.97. The van der Waals surface area contributed by atoms with Crippen molar-refractivity contribution in [3.63, 3.8) is 0 Å². The van der Waals surface area contributed by atoms with Gasteiger partial charge in [0.05, 0.1) is 10.7 Å². The molecule has 0 bridgehead atoms. The van der Waals surface area contributed by atoms with Gasteiger partial charge in [-0.2, -0.15) is 0 Å². The number of aromatic nitrogens is 1. The van der Waals surface area contributed by atoms with Crippen molar-refractivity contribution in [1.29, 1.82) is 0 Å². The van der Waals surface area contributed by atoms with Crippen molar-refractivity contribution in [2.24, 2.45) is 0 Å². The molecule has 1 aromatic carbocycles. The molecule has 2 aromatic rings. The third-order valence-electron chi connectivity index (χ3n) is 4.38. The Balaban J connectivity index is 1.65. The van der Waals surface area contributed by atoms with Gasteiger partial charge in [0.25, 0.3) is 0 Å². The minimum Gasteiger partial charge on any atom is -0.382 e. The topological polar surface area (TPSA) is 28.2 Å². The normalized spacial score (nSPS) is 23.2. The Bertz CT molecular complexity index is 590. The Morgan fingerprint density at radius 2 is 2.05 bits per heavy atom. The molecule has 1 N–H and O–H groups in total. The molecule has 1 aliphatic rings. The minimum absolute atomic E-state index is 0.587. The lowest BCUT2D eigenvalue weighted by Gasteiger charge is -2.35. The van der Waals surface area contributed by atoms with E-state index in [1.54, 1.807) is 11.3 Å². The molecule has 1 fully saturated rings. The average Bonchev–Trinajstić information content (AvgIpc) is 2.90. The number of benzene rings is 1. The predicted octanol–water partition coefficient (Wildman–Crippen LogP) is 4.01. The highest BCUT2D eigenvalue weighted by atomic mass is 32.1. The van der Waals surface area contributed by atoms with Gasteiger partial charge in [-0.3, -0.25) is 0 Å².